The molecule has 3 heterocycles. The summed E-state index contributed by atoms with van der Waals surface area (Å²) in [6.07, 6.45) is 7.42. The van der Waals surface area contributed by atoms with Crippen LogP contribution in [0.15, 0.2) is 73.1 Å². The number of hydrogen-bond donors (Lipinski definition) is 3. The van der Waals surface area contributed by atoms with Crippen LogP contribution in [0, 0.1) is 0 Å². The highest BCUT2D eigenvalue weighted by atomic mass is 15.2. The number of benzene rings is 3. The van der Waals surface area contributed by atoms with Gasteiger partial charge >= 0.3 is 0 Å². The summed E-state index contributed by atoms with van der Waals surface area (Å²) in [6, 6.07) is 22.5. The summed E-state index contributed by atoms with van der Waals surface area (Å²) in [5.74, 6) is 2.05. The average molecular weight is 491 g/mol. The maximum atomic E-state index is 4.68. The monoisotopic (exact) mass is 490 g/mol. The molecule has 3 N–H and O–H groups in total. The van der Waals surface area contributed by atoms with Crippen LogP contribution < -0.4 is 5.32 Å². The Hall–Kier alpha value is -3.74. The van der Waals surface area contributed by atoms with Gasteiger partial charge in [-0.3, -0.25) is 4.90 Å². The molecule has 37 heavy (non-hydrogen) atoms. The van der Waals surface area contributed by atoms with Gasteiger partial charge in [-0.1, -0.05) is 55.5 Å². The third kappa shape index (κ3) is 4.95. The molecule has 2 aromatic heterocycles. The van der Waals surface area contributed by atoms with Gasteiger partial charge in [-0.15, -0.1) is 0 Å². The smallest absolute Gasteiger partial charge is 0.123 e. The molecule has 0 bridgehead atoms. The lowest BCUT2D eigenvalue weighted by atomic mass is 9.98. The van der Waals surface area contributed by atoms with Gasteiger partial charge in [0.25, 0.3) is 0 Å². The molecule has 1 aliphatic heterocycles. The molecule has 0 radical (unpaired) electrons. The number of hydrogen-bond acceptors (Lipinski definition) is 4. The number of H-pyrrole nitrogens is 2. The van der Waals surface area contributed by atoms with Gasteiger partial charge < -0.3 is 15.3 Å². The predicted molar refractivity (Wildman–Crippen MR) is 151 cm³/mol. The van der Waals surface area contributed by atoms with Crippen molar-refractivity contribution in [3.8, 4) is 33.6 Å². The van der Waals surface area contributed by atoms with E-state index in [-0.39, 0.29) is 0 Å². The topological polar surface area (TPSA) is 72.6 Å². The third-order valence-electron chi connectivity index (χ3n) is 7.46. The van der Waals surface area contributed by atoms with Crippen molar-refractivity contribution < 1.29 is 0 Å². The Kier molecular flexibility index (Phi) is 6.60. The van der Waals surface area contributed by atoms with E-state index in [2.05, 4.69) is 105 Å². The summed E-state index contributed by atoms with van der Waals surface area (Å²) in [7, 11) is 2.18. The van der Waals surface area contributed by atoms with E-state index in [9.17, 15) is 0 Å². The molecule has 1 fully saturated rings. The highest BCUT2D eigenvalue weighted by Crippen LogP contribution is 2.32. The molecule has 6 nitrogen and oxygen atoms in total. The maximum Gasteiger partial charge on any atom is 0.123 e. The largest absolute Gasteiger partial charge is 0.341 e. The molecule has 1 unspecified atom stereocenters. The van der Waals surface area contributed by atoms with Crippen LogP contribution in [0.4, 0.5) is 0 Å². The van der Waals surface area contributed by atoms with E-state index in [0.717, 1.165) is 60.2 Å². The summed E-state index contributed by atoms with van der Waals surface area (Å²) in [5.41, 5.74) is 6.88. The fourth-order valence-electron chi connectivity index (χ4n) is 5.33. The Balaban J connectivity index is 1.18. The van der Waals surface area contributed by atoms with Crippen molar-refractivity contribution in [1.29, 1.82) is 0 Å². The first kappa shape index (κ1) is 23.6. The summed E-state index contributed by atoms with van der Waals surface area (Å²) in [6.45, 7) is 5.08. The normalized spacial score (nSPS) is 16.1. The van der Waals surface area contributed by atoms with Crippen LogP contribution in [-0.4, -0.2) is 45.0 Å². The van der Waals surface area contributed by atoms with Gasteiger partial charge in [-0.2, -0.15) is 0 Å². The summed E-state index contributed by atoms with van der Waals surface area (Å²) in [5, 5.41) is 5.85. The van der Waals surface area contributed by atoms with E-state index in [0.29, 0.717) is 6.04 Å². The van der Waals surface area contributed by atoms with Gasteiger partial charge in [0, 0.05) is 5.56 Å². The quantitative estimate of drug-likeness (QED) is 0.216. The number of rotatable bonds is 8. The van der Waals surface area contributed by atoms with Crippen LogP contribution >= 0.6 is 0 Å². The minimum atomic E-state index is 0.407. The molecule has 3 aromatic carbocycles. The molecule has 1 saturated heterocycles. The minimum absolute atomic E-state index is 0.407. The number of nitrogens with zero attached hydrogens (tertiary/aromatic N) is 3. The molecule has 5 aromatic rings. The number of fused-ring (bicyclic) bond motifs is 1. The van der Waals surface area contributed by atoms with Gasteiger partial charge in [-0.05, 0) is 79.0 Å². The molecule has 6 heteroatoms. The zero-order chi connectivity index (χ0) is 25.2. The Morgan fingerprint density at radius 2 is 1.51 bits per heavy atom. The van der Waals surface area contributed by atoms with E-state index in [1.54, 1.807) is 0 Å². The summed E-state index contributed by atoms with van der Waals surface area (Å²) >= 11 is 0. The van der Waals surface area contributed by atoms with Crippen LogP contribution in [0.1, 0.15) is 43.9 Å². The molecule has 0 spiro atoms. The van der Waals surface area contributed by atoms with Gasteiger partial charge in [0.2, 0.25) is 0 Å². The SMILES string of the molecule is CCCNCc1ncc(-c2ccc3cc(-c4ccc(-c5cnc(C6CCCN6C)[nH]5)cc4)ccc3c2)[nH]1. The first-order chi connectivity index (χ1) is 18.2. The summed E-state index contributed by atoms with van der Waals surface area (Å²) in [4.78, 5) is 18.6. The second-order valence-corrected chi connectivity index (χ2v) is 10.1. The molecule has 0 saturated carbocycles. The van der Waals surface area contributed by atoms with Crippen molar-refractivity contribution in [1.82, 2.24) is 30.2 Å². The van der Waals surface area contributed by atoms with Crippen molar-refractivity contribution in [3.63, 3.8) is 0 Å². The number of imidazole rings is 2. The molecule has 0 amide bonds. The van der Waals surface area contributed by atoms with Crippen molar-refractivity contribution >= 4 is 10.8 Å². The average Bonchev–Trinajstić information content (AvgIpc) is 3.70. The molecular formula is C31H34N6. The minimum Gasteiger partial charge on any atom is -0.341 e. The Morgan fingerprint density at radius 3 is 2.27 bits per heavy atom. The zero-order valence-electron chi connectivity index (χ0n) is 21.6. The first-order valence-electron chi connectivity index (χ1n) is 13.3. The van der Waals surface area contributed by atoms with Crippen molar-refractivity contribution in [3.05, 3.63) is 84.7 Å². The lowest BCUT2D eigenvalue weighted by Crippen LogP contribution is -2.18. The number of aromatic nitrogens is 4. The van der Waals surface area contributed by atoms with Gasteiger partial charge in [0.15, 0.2) is 0 Å². The first-order valence-corrected chi connectivity index (χ1v) is 13.3. The molecular weight excluding hydrogens is 456 g/mol. The highest BCUT2D eigenvalue weighted by molar-refractivity contribution is 5.90. The van der Waals surface area contributed by atoms with Crippen molar-refractivity contribution in [2.45, 2.75) is 38.8 Å². The summed E-state index contributed by atoms with van der Waals surface area (Å²) < 4.78 is 0. The third-order valence-corrected chi connectivity index (χ3v) is 7.46. The Labute approximate surface area is 218 Å². The van der Waals surface area contributed by atoms with E-state index >= 15 is 0 Å². The second kappa shape index (κ2) is 10.3. The lowest BCUT2D eigenvalue weighted by molar-refractivity contribution is 0.307. The molecule has 188 valence electrons. The zero-order valence-corrected chi connectivity index (χ0v) is 21.6. The second-order valence-electron chi connectivity index (χ2n) is 10.1. The van der Waals surface area contributed by atoms with Crippen molar-refractivity contribution in [2.75, 3.05) is 20.1 Å². The molecule has 1 aliphatic rings. The van der Waals surface area contributed by atoms with Gasteiger partial charge in [-0.25, -0.2) is 9.97 Å². The fourth-order valence-corrected chi connectivity index (χ4v) is 5.33. The van der Waals surface area contributed by atoms with Gasteiger partial charge in [0.1, 0.15) is 11.6 Å². The van der Waals surface area contributed by atoms with E-state index in [4.69, 9.17) is 0 Å². The maximum absolute atomic E-state index is 4.68. The van der Waals surface area contributed by atoms with Gasteiger partial charge in [0.05, 0.1) is 36.4 Å². The van der Waals surface area contributed by atoms with E-state index < -0.39 is 0 Å². The number of aromatic amines is 2. The standard InChI is InChI=1S/C31H34N6/c1-3-14-32-20-30-33-18-28(35-30)26-13-12-24-16-23(10-11-25(24)17-26)21-6-8-22(9-7-21)27-19-34-31(36-27)29-5-4-15-37(29)2/h6-13,16-19,29,32H,3-5,14-15,20H2,1-2H3,(H,33,35)(H,34,36). The van der Waals surface area contributed by atoms with Crippen LogP contribution in [0.3, 0.4) is 0 Å². The Morgan fingerprint density at radius 1 is 0.838 bits per heavy atom. The number of likely N-dealkylation sites (tertiary alicyclic amines) is 1. The van der Waals surface area contributed by atoms with Crippen LogP contribution in [0.25, 0.3) is 44.4 Å². The van der Waals surface area contributed by atoms with Crippen LogP contribution in [0.5, 0.6) is 0 Å². The highest BCUT2D eigenvalue weighted by Gasteiger charge is 2.25. The fraction of sp³-hybridized carbons (Fsp3) is 0.290. The van der Waals surface area contributed by atoms with Crippen LogP contribution in [-0.2, 0) is 6.54 Å². The molecule has 0 aliphatic carbocycles. The lowest BCUT2D eigenvalue weighted by Gasteiger charge is -2.16. The molecule has 6 rings (SSSR count). The van der Waals surface area contributed by atoms with E-state index in [1.165, 1.54) is 34.7 Å². The predicted octanol–water partition coefficient (Wildman–Crippen LogP) is 6.55. The molecule has 1 atom stereocenters. The van der Waals surface area contributed by atoms with Crippen LogP contribution in [0.2, 0.25) is 0 Å². The number of nitrogens with one attached hydrogen (secondary N) is 3. The Bertz CT molecular complexity index is 1500. The van der Waals surface area contributed by atoms with Crippen molar-refractivity contribution in [2.24, 2.45) is 0 Å². The van der Waals surface area contributed by atoms with E-state index in [1.807, 2.05) is 12.4 Å².